The maximum Gasteiger partial charge on any atom is 0.262 e. The predicted octanol–water partition coefficient (Wildman–Crippen LogP) is 2.31. The van der Waals surface area contributed by atoms with Gasteiger partial charge >= 0.3 is 0 Å². The van der Waals surface area contributed by atoms with Crippen LogP contribution in [0.2, 0.25) is 0 Å². The van der Waals surface area contributed by atoms with Crippen LogP contribution < -0.4 is 10.6 Å². The highest BCUT2D eigenvalue weighted by Gasteiger charge is 2.28. The summed E-state index contributed by atoms with van der Waals surface area (Å²) < 4.78 is 2.10. The number of nitrogens with zero attached hydrogens (tertiary/aromatic N) is 3. The largest absolute Gasteiger partial charge is 0.345 e. The molecule has 3 heterocycles. The zero-order valence-corrected chi connectivity index (χ0v) is 16.2. The average molecular weight is 375 g/mol. The van der Waals surface area contributed by atoms with E-state index < -0.39 is 6.04 Å². The van der Waals surface area contributed by atoms with Crippen LogP contribution in [0.25, 0.3) is 0 Å². The predicted molar refractivity (Wildman–Crippen MR) is 99.9 cm³/mol. The number of fused-ring (bicyclic) bond motifs is 1. The fourth-order valence-corrected chi connectivity index (χ4v) is 3.80. The lowest BCUT2D eigenvalue weighted by atomic mass is 10.0. The van der Waals surface area contributed by atoms with Gasteiger partial charge in [0.2, 0.25) is 5.91 Å². The number of hydrogen-bond acceptors (Lipinski definition) is 5. The monoisotopic (exact) mass is 375 g/mol. The molecule has 0 spiro atoms. The van der Waals surface area contributed by atoms with Gasteiger partial charge in [-0.25, -0.2) is 0 Å². The third-order valence-electron chi connectivity index (χ3n) is 4.61. The lowest BCUT2D eigenvalue weighted by Crippen LogP contribution is -2.50. The van der Waals surface area contributed by atoms with E-state index in [0.29, 0.717) is 4.88 Å². The zero-order chi connectivity index (χ0) is 18.7. The number of amides is 2. The molecule has 2 N–H and O–H groups in total. The number of carbonyl (C=O) groups excluding carboxylic acids is 2. The Kier molecular flexibility index (Phi) is 5.70. The molecule has 8 heteroatoms. The summed E-state index contributed by atoms with van der Waals surface area (Å²) in [6.07, 6.45) is 3.16. The Hall–Kier alpha value is -2.22. The molecule has 3 rings (SSSR count). The molecule has 140 valence electrons. The van der Waals surface area contributed by atoms with Gasteiger partial charge in [-0.3, -0.25) is 9.59 Å². The second kappa shape index (κ2) is 7.99. The first-order chi connectivity index (χ1) is 12.5. The van der Waals surface area contributed by atoms with Gasteiger partial charge in [0, 0.05) is 13.0 Å². The van der Waals surface area contributed by atoms with Crippen LogP contribution in [-0.2, 0) is 17.8 Å². The zero-order valence-electron chi connectivity index (χ0n) is 15.4. The van der Waals surface area contributed by atoms with Gasteiger partial charge in [0.15, 0.2) is 5.82 Å². The molecular formula is C18H25N5O2S. The van der Waals surface area contributed by atoms with Crippen molar-refractivity contribution in [2.24, 2.45) is 5.92 Å². The van der Waals surface area contributed by atoms with E-state index in [4.69, 9.17) is 0 Å². The smallest absolute Gasteiger partial charge is 0.262 e. The SMILES string of the molecule is CC(C)[C@@H](NC(=O)c1cccs1)C(=O)N[C@@H](C)c1nnc2n1CCCC2. The van der Waals surface area contributed by atoms with E-state index in [1.165, 1.54) is 11.3 Å². The van der Waals surface area contributed by atoms with E-state index in [-0.39, 0.29) is 23.8 Å². The molecular weight excluding hydrogens is 350 g/mol. The summed E-state index contributed by atoms with van der Waals surface area (Å²) in [5.41, 5.74) is 0. The van der Waals surface area contributed by atoms with Gasteiger partial charge in [-0.2, -0.15) is 0 Å². The highest BCUT2D eigenvalue weighted by molar-refractivity contribution is 7.12. The van der Waals surface area contributed by atoms with Gasteiger partial charge in [-0.15, -0.1) is 21.5 Å². The second-order valence-electron chi connectivity index (χ2n) is 6.99. The molecule has 1 aliphatic rings. The lowest BCUT2D eigenvalue weighted by molar-refractivity contribution is -0.124. The molecule has 0 saturated heterocycles. The molecule has 2 aromatic heterocycles. The molecule has 1 aliphatic heterocycles. The van der Waals surface area contributed by atoms with Crippen LogP contribution in [0, 0.1) is 5.92 Å². The normalized spacial score (nSPS) is 16.0. The van der Waals surface area contributed by atoms with Crippen LogP contribution in [0.3, 0.4) is 0 Å². The number of aromatic nitrogens is 3. The van der Waals surface area contributed by atoms with Gasteiger partial charge < -0.3 is 15.2 Å². The number of aryl methyl sites for hydroxylation is 1. The Morgan fingerprint density at radius 3 is 2.69 bits per heavy atom. The second-order valence-corrected chi connectivity index (χ2v) is 7.93. The summed E-state index contributed by atoms with van der Waals surface area (Å²) in [5.74, 6) is 1.31. The average Bonchev–Trinajstić information content (AvgIpc) is 3.28. The summed E-state index contributed by atoms with van der Waals surface area (Å²) in [7, 11) is 0. The minimum atomic E-state index is -0.601. The van der Waals surface area contributed by atoms with Crippen molar-refractivity contribution in [2.45, 2.75) is 58.7 Å². The number of hydrogen-bond donors (Lipinski definition) is 2. The van der Waals surface area contributed by atoms with Crippen molar-refractivity contribution in [3.05, 3.63) is 34.0 Å². The molecule has 0 unspecified atom stereocenters. The van der Waals surface area contributed by atoms with E-state index in [1.54, 1.807) is 6.07 Å². The Labute approximate surface area is 157 Å². The molecule has 0 aliphatic carbocycles. The Morgan fingerprint density at radius 1 is 1.19 bits per heavy atom. The summed E-state index contributed by atoms with van der Waals surface area (Å²) in [4.78, 5) is 25.7. The van der Waals surface area contributed by atoms with Crippen molar-refractivity contribution in [3.63, 3.8) is 0 Å². The molecule has 2 amide bonds. The molecule has 26 heavy (non-hydrogen) atoms. The Balaban J connectivity index is 1.68. The maximum atomic E-state index is 12.8. The fraction of sp³-hybridized carbons (Fsp3) is 0.556. The van der Waals surface area contributed by atoms with Crippen LogP contribution >= 0.6 is 11.3 Å². The van der Waals surface area contributed by atoms with Crippen LogP contribution in [0.5, 0.6) is 0 Å². The molecule has 2 atom stereocenters. The number of carbonyl (C=O) groups is 2. The minimum absolute atomic E-state index is 0.0292. The quantitative estimate of drug-likeness (QED) is 0.811. The van der Waals surface area contributed by atoms with Crippen LogP contribution in [0.15, 0.2) is 17.5 Å². The van der Waals surface area contributed by atoms with Gasteiger partial charge in [0.1, 0.15) is 11.9 Å². The molecule has 0 saturated carbocycles. The summed E-state index contributed by atoms with van der Waals surface area (Å²) in [5, 5.41) is 16.2. The van der Waals surface area contributed by atoms with Gasteiger partial charge in [-0.1, -0.05) is 19.9 Å². The molecule has 2 aromatic rings. The van der Waals surface area contributed by atoms with E-state index in [9.17, 15) is 9.59 Å². The molecule has 0 bridgehead atoms. The first kappa shape index (κ1) is 18.6. The highest BCUT2D eigenvalue weighted by Crippen LogP contribution is 2.19. The minimum Gasteiger partial charge on any atom is -0.345 e. The Morgan fingerprint density at radius 2 is 2.00 bits per heavy atom. The van der Waals surface area contributed by atoms with Crippen molar-refractivity contribution < 1.29 is 9.59 Å². The fourth-order valence-electron chi connectivity index (χ4n) is 3.17. The van der Waals surface area contributed by atoms with Crippen molar-refractivity contribution in [1.29, 1.82) is 0 Å². The Bertz CT molecular complexity index is 769. The van der Waals surface area contributed by atoms with Crippen molar-refractivity contribution in [2.75, 3.05) is 0 Å². The molecule has 0 radical (unpaired) electrons. The van der Waals surface area contributed by atoms with Crippen molar-refractivity contribution >= 4 is 23.2 Å². The number of nitrogens with one attached hydrogen (secondary N) is 2. The van der Waals surface area contributed by atoms with Crippen molar-refractivity contribution in [3.8, 4) is 0 Å². The van der Waals surface area contributed by atoms with E-state index in [0.717, 1.165) is 37.5 Å². The van der Waals surface area contributed by atoms with Crippen LogP contribution in [0.1, 0.15) is 61.0 Å². The first-order valence-electron chi connectivity index (χ1n) is 9.04. The van der Waals surface area contributed by atoms with Gasteiger partial charge in [0.05, 0.1) is 10.9 Å². The van der Waals surface area contributed by atoms with Gasteiger partial charge in [0.25, 0.3) is 5.91 Å². The summed E-state index contributed by atoms with van der Waals surface area (Å²) in [6.45, 7) is 6.63. The van der Waals surface area contributed by atoms with E-state index in [1.807, 2.05) is 32.2 Å². The topological polar surface area (TPSA) is 88.9 Å². The highest BCUT2D eigenvalue weighted by atomic mass is 32.1. The standard InChI is InChI=1S/C18H25N5O2S/c1-11(2)15(20-17(24)13-7-6-10-26-13)18(25)19-12(3)16-22-21-14-8-4-5-9-23(14)16/h6-7,10-12,15H,4-5,8-9H2,1-3H3,(H,19,25)(H,20,24)/t12-,15+/m0/s1. The first-order valence-corrected chi connectivity index (χ1v) is 9.92. The maximum absolute atomic E-state index is 12.8. The van der Waals surface area contributed by atoms with E-state index >= 15 is 0 Å². The third-order valence-corrected chi connectivity index (χ3v) is 5.48. The molecule has 0 aromatic carbocycles. The lowest BCUT2D eigenvalue weighted by Gasteiger charge is -2.24. The number of rotatable bonds is 6. The van der Waals surface area contributed by atoms with Crippen LogP contribution in [-0.4, -0.2) is 32.6 Å². The summed E-state index contributed by atoms with van der Waals surface area (Å²) >= 11 is 1.36. The molecule has 0 fully saturated rings. The number of thiophene rings is 1. The van der Waals surface area contributed by atoms with E-state index in [2.05, 4.69) is 25.4 Å². The van der Waals surface area contributed by atoms with Crippen LogP contribution in [0.4, 0.5) is 0 Å². The van der Waals surface area contributed by atoms with Gasteiger partial charge in [-0.05, 0) is 37.1 Å². The molecule has 7 nitrogen and oxygen atoms in total. The van der Waals surface area contributed by atoms with Crippen molar-refractivity contribution in [1.82, 2.24) is 25.4 Å². The summed E-state index contributed by atoms with van der Waals surface area (Å²) in [6, 6.07) is 2.71. The third kappa shape index (κ3) is 3.95.